The number of nitrogens with zero attached hydrogens (tertiary/aromatic N) is 3. The zero-order chi connectivity index (χ0) is 16.7. The molecular weight excluding hydrogens is 310 g/mol. The van der Waals surface area contributed by atoms with Gasteiger partial charge in [-0.3, -0.25) is 19.6 Å². The van der Waals surface area contributed by atoms with Crippen molar-refractivity contribution in [3.8, 4) is 0 Å². The van der Waals surface area contributed by atoms with Gasteiger partial charge in [-0.1, -0.05) is 17.2 Å². The largest absolute Gasteiger partial charge is 0.364 e. The Labute approximate surface area is 135 Å². The normalized spacial score (nSPS) is 13.2. The number of hydrogen-bond donors (Lipinski definition) is 0. The fourth-order valence-electron chi connectivity index (χ4n) is 2.48. The van der Waals surface area contributed by atoms with Crippen molar-refractivity contribution in [3.05, 3.63) is 71.5 Å². The van der Waals surface area contributed by atoms with E-state index in [0.717, 1.165) is 0 Å². The minimum atomic E-state index is -0.822. The van der Waals surface area contributed by atoms with E-state index in [4.69, 9.17) is 4.84 Å². The maximum atomic E-state index is 12.3. The predicted octanol–water partition coefficient (Wildman–Crippen LogP) is 2.00. The van der Waals surface area contributed by atoms with Crippen molar-refractivity contribution in [3.63, 3.8) is 0 Å². The maximum Gasteiger partial charge on any atom is 0.364 e. The van der Waals surface area contributed by atoms with Gasteiger partial charge in [0.2, 0.25) is 0 Å². The van der Waals surface area contributed by atoms with Crippen molar-refractivity contribution in [1.29, 1.82) is 0 Å². The fourth-order valence-corrected chi connectivity index (χ4v) is 2.48. The summed E-state index contributed by atoms with van der Waals surface area (Å²) >= 11 is 0. The fraction of sp³-hybridized carbons (Fsp3) is 0. The first kappa shape index (κ1) is 14.0. The van der Waals surface area contributed by atoms with E-state index >= 15 is 0 Å². The Balaban J connectivity index is 1.62. The third-order valence-corrected chi connectivity index (χ3v) is 3.64. The number of imide groups is 1. The minimum absolute atomic E-state index is 0.166. The van der Waals surface area contributed by atoms with Gasteiger partial charge < -0.3 is 4.84 Å². The van der Waals surface area contributed by atoms with Gasteiger partial charge in [-0.15, -0.1) is 0 Å². The van der Waals surface area contributed by atoms with Gasteiger partial charge >= 0.3 is 5.97 Å². The van der Waals surface area contributed by atoms with E-state index in [9.17, 15) is 14.4 Å². The molecule has 0 unspecified atom stereocenters. The Kier molecular flexibility index (Phi) is 3.06. The summed E-state index contributed by atoms with van der Waals surface area (Å²) in [7, 11) is 0. The standard InChI is InChI=1S/C17H9N3O4/c21-15-11-3-1-2-4-12(11)16(22)20(15)24-17(23)10-5-6-13-14(9-10)19-8-7-18-13/h1-9H. The minimum Gasteiger partial charge on any atom is -0.324 e. The lowest BCUT2D eigenvalue weighted by molar-refractivity contribution is -0.0584. The summed E-state index contributed by atoms with van der Waals surface area (Å²) < 4.78 is 0. The lowest BCUT2D eigenvalue weighted by atomic mass is 10.1. The molecule has 2 amide bonds. The number of carbonyl (C=O) groups excluding carboxylic acids is 3. The molecule has 1 aromatic heterocycles. The molecule has 0 aliphatic carbocycles. The molecule has 0 bridgehead atoms. The molecule has 2 aromatic carbocycles. The molecule has 4 rings (SSSR count). The molecule has 0 spiro atoms. The molecule has 0 atom stereocenters. The van der Waals surface area contributed by atoms with Crippen LogP contribution in [0.1, 0.15) is 31.1 Å². The third kappa shape index (κ3) is 2.11. The Morgan fingerprint density at radius 3 is 2.17 bits per heavy atom. The summed E-state index contributed by atoms with van der Waals surface area (Å²) in [6.45, 7) is 0. The summed E-state index contributed by atoms with van der Waals surface area (Å²) in [5, 5.41) is 0.480. The highest BCUT2D eigenvalue weighted by Crippen LogP contribution is 2.23. The molecule has 0 radical (unpaired) electrons. The predicted molar refractivity (Wildman–Crippen MR) is 81.9 cm³/mol. The summed E-state index contributed by atoms with van der Waals surface area (Å²) in [5.41, 5.74) is 1.71. The second-order valence-corrected chi connectivity index (χ2v) is 5.09. The molecule has 7 nitrogen and oxygen atoms in total. The van der Waals surface area contributed by atoms with Crippen LogP contribution in [-0.2, 0) is 4.84 Å². The van der Waals surface area contributed by atoms with E-state index in [1.54, 1.807) is 24.4 Å². The van der Waals surface area contributed by atoms with Crippen LogP contribution in [0.25, 0.3) is 11.0 Å². The van der Waals surface area contributed by atoms with Crippen molar-refractivity contribution in [2.75, 3.05) is 0 Å². The first-order valence-corrected chi connectivity index (χ1v) is 7.06. The number of rotatable bonds is 2. The van der Waals surface area contributed by atoms with Gasteiger partial charge in [0, 0.05) is 12.4 Å². The molecule has 1 aliphatic rings. The highest BCUT2D eigenvalue weighted by Gasteiger charge is 2.38. The number of hydrogen-bond acceptors (Lipinski definition) is 6. The van der Waals surface area contributed by atoms with E-state index in [0.29, 0.717) is 16.1 Å². The molecule has 0 fully saturated rings. The Bertz CT molecular complexity index is 980. The molecule has 0 saturated carbocycles. The summed E-state index contributed by atoms with van der Waals surface area (Å²) in [6, 6.07) is 10.9. The highest BCUT2D eigenvalue weighted by molar-refractivity contribution is 6.21. The van der Waals surface area contributed by atoms with Crippen LogP contribution < -0.4 is 0 Å². The Morgan fingerprint density at radius 1 is 0.875 bits per heavy atom. The van der Waals surface area contributed by atoms with Gasteiger partial charge in [0.25, 0.3) is 11.8 Å². The van der Waals surface area contributed by atoms with Gasteiger partial charge in [0.05, 0.1) is 27.7 Å². The lowest BCUT2D eigenvalue weighted by Crippen LogP contribution is -2.32. The van der Waals surface area contributed by atoms with Crippen molar-refractivity contribution < 1.29 is 19.2 Å². The average Bonchev–Trinajstić information content (AvgIpc) is 2.86. The van der Waals surface area contributed by atoms with Crippen LogP contribution in [0, 0.1) is 0 Å². The van der Waals surface area contributed by atoms with Crippen LogP contribution in [0.2, 0.25) is 0 Å². The number of benzene rings is 2. The second-order valence-electron chi connectivity index (χ2n) is 5.09. The van der Waals surface area contributed by atoms with E-state index in [-0.39, 0.29) is 16.7 Å². The number of fused-ring (bicyclic) bond motifs is 2. The van der Waals surface area contributed by atoms with Gasteiger partial charge in [0.15, 0.2) is 0 Å². The molecule has 0 N–H and O–H groups in total. The van der Waals surface area contributed by atoms with Gasteiger partial charge in [0.1, 0.15) is 0 Å². The van der Waals surface area contributed by atoms with Crippen molar-refractivity contribution in [2.45, 2.75) is 0 Å². The SMILES string of the molecule is O=C(ON1C(=O)c2ccccc2C1=O)c1ccc2nccnc2c1. The van der Waals surface area contributed by atoms with E-state index in [2.05, 4.69) is 9.97 Å². The van der Waals surface area contributed by atoms with Crippen LogP contribution in [0.3, 0.4) is 0 Å². The Morgan fingerprint density at radius 2 is 1.50 bits per heavy atom. The molecule has 7 heteroatoms. The number of aromatic nitrogens is 2. The molecule has 116 valence electrons. The first-order chi connectivity index (χ1) is 11.6. The zero-order valence-electron chi connectivity index (χ0n) is 12.2. The first-order valence-electron chi connectivity index (χ1n) is 7.06. The average molecular weight is 319 g/mol. The molecule has 3 aromatic rings. The Hall–Kier alpha value is -3.61. The van der Waals surface area contributed by atoms with Gasteiger partial charge in [-0.2, -0.15) is 0 Å². The summed E-state index contributed by atoms with van der Waals surface area (Å²) in [6.07, 6.45) is 3.04. The van der Waals surface area contributed by atoms with E-state index in [1.165, 1.54) is 30.5 Å². The van der Waals surface area contributed by atoms with Crippen LogP contribution in [0.5, 0.6) is 0 Å². The second kappa shape index (κ2) is 5.24. The quantitative estimate of drug-likeness (QED) is 0.671. The molecule has 0 saturated heterocycles. The van der Waals surface area contributed by atoms with Crippen LogP contribution in [-0.4, -0.2) is 32.8 Å². The van der Waals surface area contributed by atoms with Crippen molar-refractivity contribution in [2.24, 2.45) is 0 Å². The highest BCUT2D eigenvalue weighted by atomic mass is 16.7. The van der Waals surface area contributed by atoms with Crippen LogP contribution in [0.4, 0.5) is 0 Å². The van der Waals surface area contributed by atoms with Crippen molar-refractivity contribution >= 4 is 28.8 Å². The lowest BCUT2D eigenvalue weighted by Gasteiger charge is -2.12. The molecule has 2 heterocycles. The molecular formula is C17H9N3O4. The summed E-state index contributed by atoms with van der Waals surface area (Å²) in [4.78, 5) is 49.9. The zero-order valence-corrected chi connectivity index (χ0v) is 12.2. The van der Waals surface area contributed by atoms with E-state index in [1.807, 2.05) is 0 Å². The van der Waals surface area contributed by atoms with Crippen molar-refractivity contribution in [1.82, 2.24) is 15.0 Å². The van der Waals surface area contributed by atoms with Gasteiger partial charge in [-0.05, 0) is 30.3 Å². The molecule has 1 aliphatic heterocycles. The third-order valence-electron chi connectivity index (χ3n) is 3.64. The maximum absolute atomic E-state index is 12.3. The topological polar surface area (TPSA) is 89.5 Å². The van der Waals surface area contributed by atoms with E-state index < -0.39 is 17.8 Å². The smallest absolute Gasteiger partial charge is 0.324 e. The van der Waals surface area contributed by atoms with Crippen LogP contribution >= 0.6 is 0 Å². The summed E-state index contributed by atoms with van der Waals surface area (Å²) in [5.74, 6) is -2.15. The number of hydroxylamine groups is 2. The number of carbonyl (C=O) groups is 3. The molecule has 24 heavy (non-hydrogen) atoms. The monoisotopic (exact) mass is 319 g/mol. The van der Waals surface area contributed by atoms with Crippen LogP contribution in [0.15, 0.2) is 54.9 Å². The number of amides is 2. The van der Waals surface area contributed by atoms with Gasteiger partial charge in [-0.25, -0.2) is 4.79 Å².